The number of morpholine rings is 1. The highest BCUT2D eigenvalue weighted by atomic mass is 16.5. The average Bonchev–Trinajstić information content (AvgIpc) is 2.91. The first-order valence-electron chi connectivity index (χ1n) is 12.3. The third-order valence-electron chi connectivity index (χ3n) is 6.87. The van der Waals surface area contributed by atoms with E-state index < -0.39 is 5.66 Å². The van der Waals surface area contributed by atoms with E-state index in [4.69, 9.17) is 9.47 Å². The number of rotatable bonds is 5. The molecule has 1 unspecified atom stereocenters. The molecule has 3 aromatic rings. The summed E-state index contributed by atoms with van der Waals surface area (Å²) in [6, 6.07) is 17.7. The van der Waals surface area contributed by atoms with Gasteiger partial charge in [-0.1, -0.05) is 24.3 Å². The zero-order valence-electron chi connectivity index (χ0n) is 20.2. The van der Waals surface area contributed by atoms with Crippen LogP contribution in [0.3, 0.4) is 0 Å². The quantitative estimate of drug-likeness (QED) is 0.514. The first-order chi connectivity index (χ1) is 17.6. The Morgan fingerprint density at radius 2 is 1.97 bits per heavy atom. The molecule has 36 heavy (non-hydrogen) atoms. The minimum absolute atomic E-state index is 0.168. The largest absolute Gasteiger partial charge is 0.457 e. The molecule has 3 aliphatic rings. The van der Waals surface area contributed by atoms with Crippen molar-refractivity contribution in [1.29, 1.82) is 0 Å². The minimum Gasteiger partial charge on any atom is -0.457 e. The number of H-pyrrole nitrogens is 1. The number of pyridine rings is 2. The first kappa shape index (κ1) is 22.6. The van der Waals surface area contributed by atoms with E-state index in [9.17, 15) is 4.79 Å². The number of anilines is 1. The molecule has 2 aromatic heterocycles. The number of hydrogen-bond donors (Lipinski definition) is 3. The number of para-hydroxylation sites is 1. The highest BCUT2D eigenvalue weighted by molar-refractivity contribution is 5.53. The summed E-state index contributed by atoms with van der Waals surface area (Å²) in [6.45, 7) is 5.20. The third kappa shape index (κ3) is 4.19. The van der Waals surface area contributed by atoms with Gasteiger partial charge >= 0.3 is 0 Å². The molecule has 1 saturated heterocycles. The molecule has 0 amide bonds. The van der Waals surface area contributed by atoms with Crippen LogP contribution in [0.1, 0.15) is 22.6 Å². The number of aryl methyl sites for hydroxylation is 1. The van der Waals surface area contributed by atoms with Gasteiger partial charge in [0.25, 0.3) is 0 Å². The second kappa shape index (κ2) is 9.29. The fourth-order valence-corrected chi connectivity index (χ4v) is 5.08. The van der Waals surface area contributed by atoms with Gasteiger partial charge < -0.3 is 24.7 Å². The summed E-state index contributed by atoms with van der Waals surface area (Å²) in [6.07, 6.45) is 4.70. The molecule has 1 fully saturated rings. The summed E-state index contributed by atoms with van der Waals surface area (Å²) in [5.74, 6) is 1.55. The SMILES string of the molecule is Cc1cccc(CNC2(c3cc(N4CCOCC4)cc(=O)[nH]3)NC=CC3=C2Oc2ccccc2C3)n1. The van der Waals surface area contributed by atoms with E-state index in [2.05, 4.69) is 31.6 Å². The van der Waals surface area contributed by atoms with Crippen molar-refractivity contribution in [3.63, 3.8) is 0 Å². The lowest BCUT2D eigenvalue weighted by Gasteiger charge is -2.42. The van der Waals surface area contributed by atoms with E-state index in [0.29, 0.717) is 25.5 Å². The molecule has 0 radical (unpaired) electrons. The number of nitrogens with zero attached hydrogens (tertiary/aromatic N) is 2. The van der Waals surface area contributed by atoms with Crippen LogP contribution < -0.4 is 25.8 Å². The molecule has 1 aromatic carbocycles. The standard InChI is InChI=1S/C28H29N5O3/c1-19-5-4-7-22(31-19)18-30-28(25-16-23(17-26(34)32-25)33-11-13-35-14-12-33)27-21(9-10-29-28)15-20-6-2-3-8-24(20)36-27/h2-10,16-17,29-30H,11-15,18H2,1H3,(H,32,34). The fraction of sp³-hybridized carbons (Fsp3) is 0.286. The van der Waals surface area contributed by atoms with Gasteiger partial charge in [-0.25, -0.2) is 0 Å². The summed E-state index contributed by atoms with van der Waals surface area (Å²) in [7, 11) is 0. The number of dihydropyridines is 1. The Morgan fingerprint density at radius 3 is 2.83 bits per heavy atom. The Labute approximate surface area is 209 Å². The Hall–Kier alpha value is -3.88. The maximum absolute atomic E-state index is 13.0. The van der Waals surface area contributed by atoms with Gasteiger partial charge in [0.1, 0.15) is 5.75 Å². The lowest BCUT2D eigenvalue weighted by Crippen LogP contribution is -2.57. The summed E-state index contributed by atoms with van der Waals surface area (Å²) in [4.78, 5) is 22.9. The fourth-order valence-electron chi connectivity index (χ4n) is 5.08. The van der Waals surface area contributed by atoms with Gasteiger partial charge in [-0.2, -0.15) is 0 Å². The summed E-state index contributed by atoms with van der Waals surface area (Å²) < 4.78 is 12.1. The van der Waals surface area contributed by atoms with Gasteiger partial charge in [-0.05, 0) is 49.0 Å². The van der Waals surface area contributed by atoms with Crippen molar-refractivity contribution in [2.45, 2.75) is 25.6 Å². The smallest absolute Gasteiger partial charge is 0.250 e. The van der Waals surface area contributed by atoms with Gasteiger partial charge in [-0.3, -0.25) is 15.1 Å². The van der Waals surface area contributed by atoms with Crippen molar-refractivity contribution >= 4 is 5.69 Å². The Morgan fingerprint density at radius 1 is 1.11 bits per heavy atom. The van der Waals surface area contributed by atoms with E-state index >= 15 is 0 Å². The van der Waals surface area contributed by atoms with Crippen LogP contribution in [0.15, 0.2) is 83.0 Å². The van der Waals surface area contributed by atoms with Crippen LogP contribution in [0.4, 0.5) is 5.69 Å². The molecule has 3 N–H and O–H groups in total. The van der Waals surface area contributed by atoms with E-state index in [1.165, 1.54) is 0 Å². The van der Waals surface area contributed by atoms with Crippen LogP contribution in [0, 0.1) is 6.92 Å². The van der Waals surface area contributed by atoms with Crippen molar-refractivity contribution in [3.8, 4) is 5.75 Å². The molecule has 6 rings (SSSR count). The zero-order valence-corrected chi connectivity index (χ0v) is 20.2. The Kier molecular flexibility index (Phi) is 5.83. The van der Waals surface area contributed by atoms with Crippen molar-refractivity contribution in [2.24, 2.45) is 0 Å². The Balaban J connectivity index is 1.46. The predicted octanol–water partition coefficient (Wildman–Crippen LogP) is 2.86. The second-order valence-corrected chi connectivity index (χ2v) is 9.31. The normalized spacial score (nSPS) is 20.9. The van der Waals surface area contributed by atoms with E-state index in [-0.39, 0.29) is 5.56 Å². The van der Waals surface area contributed by atoms with Crippen molar-refractivity contribution in [2.75, 3.05) is 31.2 Å². The van der Waals surface area contributed by atoms with Crippen LogP contribution >= 0.6 is 0 Å². The molecule has 5 heterocycles. The molecular formula is C28H29N5O3. The molecule has 8 nitrogen and oxygen atoms in total. The highest BCUT2D eigenvalue weighted by Crippen LogP contribution is 2.40. The topological polar surface area (TPSA) is 91.5 Å². The second-order valence-electron chi connectivity index (χ2n) is 9.31. The summed E-state index contributed by atoms with van der Waals surface area (Å²) in [5, 5.41) is 7.17. The van der Waals surface area contributed by atoms with Gasteiger partial charge in [-0.15, -0.1) is 0 Å². The van der Waals surface area contributed by atoms with Gasteiger partial charge in [0, 0.05) is 49.1 Å². The first-order valence-corrected chi connectivity index (χ1v) is 12.3. The molecule has 8 heteroatoms. The zero-order chi connectivity index (χ0) is 24.5. The third-order valence-corrected chi connectivity index (χ3v) is 6.87. The minimum atomic E-state index is -0.996. The maximum Gasteiger partial charge on any atom is 0.250 e. The van der Waals surface area contributed by atoms with Gasteiger partial charge in [0.05, 0.1) is 24.6 Å². The maximum atomic E-state index is 13.0. The van der Waals surface area contributed by atoms with Crippen molar-refractivity contribution < 1.29 is 9.47 Å². The lowest BCUT2D eigenvalue weighted by atomic mass is 9.89. The number of benzene rings is 1. The van der Waals surface area contributed by atoms with E-state index in [1.54, 1.807) is 6.07 Å². The summed E-state index contributed by atoms with van der Waals surface area (Å²) in [5.41, 5.74) is 4.41. The van der Waals surface area contributed by atoms with Crippen molar-refractivity contribution in [3.05, 3.63) is 111 Å². The monoisotopic (exact) mass is 483 g/mol. The number of hydrogen-bond acceptors (Lipinski definition) is 7. The number of aromatic amines is 1. The molecule has 0 spiro atoms. The molecular weight excluding hydrogens is 454 g/mol. The highest BCUT2D eigenvalue weighted by Gasteiger charge is 2.44. The van der Waals surface area contributed by atoms with Gasteiger partial charge in [0.2, 0.25) is 5.56 Å². The van der Waals surface area contributed by atoms with Crippen LogP contribution in [0.5, 0.6) is 5.75 Å². The molecule has 0 saturated carbocycles. The van der Waals surface area contributed by atoms with E-state index in [0.717, 1.165) is 59.2 Å². The summed E-state index contributed by atoms with van der Waals surface area (Å²) >= 11 is 0. The van der Waals surface area contributed by atoms with Crippen LogP contribution in [0.2, 0.25) is 0 Å². The number of allylic oxidation sites excluding steroid dienone is 2. The Bertz CT molecular complexity index is 1410. The van der Waals surface area contributed by atoms with E-state index in [1.807, 2.05) is 61.7 Å². The molecule has 1 atom stereocenters. The predicted molar refractivity (Wildman–Crippen MR) is 138 cm³/mol. The van der Waals surface area contributed by atoms with Crippen LogP contribution in [-0.4, -0.2) is 36.3 Å². The molecule has 0 bridgehead atoms. The van der Waals surface area contributed by atoms with Crippen LogP contribution in [-0.2, 0) is 23.4 Å². The van der Waals surface area contributed by atoms with Gasteiger partial charge in [0.15, 0.2) is 11.4 Å². The average molecular weight is 484 g/mol. The van der Waals surface area contributed by atoms with Crippen LogP contribution in [0.25, 0.3) is 0 Å². The number of nitrogens with one attached hydrogen (secondary N) is 3. The molecule has 0 aliphatic carbocycles. The van der Waals surface area contributed by atoms with Crippen molar-refractivity contribution in [1.82, 2.24) is 20.6 Å². The molecule has 3 aliphatic heterocycles. The number of ether oxygens (including phenoxy) is 2. The number of fused-ring (bicyclic) bond motifs is 1. The number of aromatic nitrogens is 2. The molecule has 184 valence electrons. The lowest BCUT2D eigenvalue weighted by molar-refractivity contribution is 0.122.